The molecule has 1 spiro atoms. The van der Waals surface area contributed by atoms with Gasteiger partial charge in [-0.2, -0.15) is 0 Å². The molecule has 0 bridgehead atoms. The number of hydrogen-bond acceptors (Lipinski definition) is 5. The molecular weight excluding hydrogens is 344 g/mol. The first-order valence-corrected chi connectivity index (χ1v) is 9.88. The second-order valence-electron chi connectivity index (χ2n) is 6.57. The smallest absolute Gasteiger partial charge is 0.253 e. The highest BCUT2D eigenvalue weighted by Crippen LogP contribution is 2.31. The van der Waals surface area contributed by atoms with Crippen LogP contribution in [0.3, 0.4) is 0 Å². The minimum atomic E-state index is -3.49. The maximum absolute atomic E-state index is 12.7. The molecule has 0 N–H and O–H groups in total. The number of benzene rings is 1. The van der Waals surface area contributed by atoms with Crippen molar-refractivity contribution in [1.29, 1.82) is 0 Å². The van der Waals surface area contributed by atoms with Crippen LogP contribution in [0, 0.1) is 0 Å². The molecule has 0 atom stereocenters. The molecule has 7 nitrogen and oxygen atoms in total. The molecule has 2 aliphatic rings. The lowest BCUT2D eigenvalue weighted by atomic mass is 10.0. The Morgan fingerprint density at radius 1 is 1.08 bits per heavy atom. The summed E-state index contributed by atoms with van der Waals surface area (Å²) in [6.45, 7) is 2.54. The van der Waals surface area contributed by atoms with E-state index in [1.165, 1.54) is 26.2 Å². The highest BCUT2D eigenvalue weighted by molar-refractivity contribution is 7.89. The summed E-state index contributed by atoms with van der Waals surface area (Å²) in [6.07, 6.45) is 2.23. The molecule has 0 aliphatic carbocycles. The van der Waals surface area contributed by atoms with Gasteiger partial charge in [-0.1, -0.05) is 0 Å². The molecule has 0 unspecified atom stereocenters. The Bertz CT molecular complexity index is 714. The van der Waals surface area contributed by atoms with Crippen LogP contribution in [0.5, 0.6) is 0 Å². The van der Waals surface area contributed by atoms with Crippen LogP contribution in [-0.4, -0.2) is 69.7 Å². The van der Waals surface area contributed by atoms with Crippen LogP contribution in [0.4, 0.5) is 0 Å². The molecule has 1 aromatic rings. The zero-order valence-corrected chi connectivity index (χ0v) is 15.4. The van der Waals surface area contributed by atoms with Crippen LogP contribution in [0.1, 0.15) is 29.6 Å². The van der Waals surface area contributed by atoms with Crippen molar-refractivity contribution in [3.05, 3.63) is 29.8 Å². The molecule has 138 valence electrons. The maximum Gasteiger partial charge on any atom is 0.253 e. The molecule has 0 radical (unpaired) electrons. The van der Waals surface area contributed by atoms with E-state index in [1.54, 1.807) is 17.0 Å². The number of sulfonamides is 1. The van der Waals surface area contributed by atoms with Gasteiger partial charge in [-0.15, -0.1) is 0 Å². The fourth-order valence-corrected chi connectivity index (χ4v) is 4.02. The quantitative estimate of drug-likeness (QED) is 0.804. The van der Waals surface area contributed by atoms with Crippen LogP contribution >= 0.6 is 0 Å². The number of rotatable bonds is 3. The molecule has 0 aromatic heterocycles. The Labute approximate surface area is 148 Å². The summed E-state index contributed by atoms with van der Waals surface area (Å²) < 4.78 is 36.9. The van der Waals surface area contributed by atoms with Gasteiger partial charge >= 0.3 is 0 Å². The molecule has 2 aliphatic heterocycles. The average Bonchev–Trinajstić information content (AvgIpc) is 2.62. The number of ether oxygens (including phenoxy) is 2. The van der Waals surface area contributed by atoms with Gasteiger partial charge in [-0.25, -0.2) is 12.7 Å². The van der Waals surface area contributed by atoms with Crippen LogP contribution < -0.4 is 0 Å². The van der Waals surface area contributed by atoms with Crippen LogP contribution in [-0.2, 0) is 19.5 Å². The highest BCUT2D eigenvalue weighted by atomic mass is 32.2. The number of likely N-dealkylation sites (tertiary alicyclic amines) is 1. The van der Waals surface area contributed by atoms with Gasteiger partial charge in [0.05, 0.1) is 18.1 Å². The van der Waals surface area contributed by atoms with Crippen molar-refractivity contribution in [2.75, 3.05) is 40.4 Å². The Hall–Kier alpha value is -1.48. The third-order valence-corrected chi connectivity index (χ3v) is 6.54. The predicted molar refractivity (Wildman–Crippen MR) is 91.7 cm³/mol. The standard InChI is InChI=1S/C17H24N2O5S/c1-18(2)25(21,22)15-6-4-14(5-7-15)16(20)19-10-8-17(9-11-19)23-12-3-13-24-17/h4-7H,3,8-13H2,1-2H3. The molecule has 8 heteroatoms. The second-order valence-corrected chi connectivity index (χ2v) is 8.72. The van der Waals surface area contributed by atoms with E-state index in [-0.39, 0.29) is 10.8 Å². The Balaban J connectivity index is 1.66. The number of hydrogen-bond donors (Lipinski definition) is 0. The van der Waals surface area contributed by atoms with E-state index in [9.17, 15) is 13.2 Å². The van der Waals surface area contributed by atoms with Crippen molar-refractivity contribution in [2.45, 2.75) is 29.9 Å². The van der Waals surface area contributed by atoms with Gasteiger partial charge in [-0.05, 0) is 30.7 Å². The fraction of sp³-hybridized carbons (Fsp3) is 0.588. The van der Waals surface area contributed by atoms with Crippen molar-refractivity contribution < 1.29 is 22.7 Å². The molecule has 0 saturated carbocycles. The van der Waals surface area contributed by atoms with Crippen LogP contribution in [0.2, 0.25) is 0 Å². The van der Waals surface area contributed by atoms with E-state index in [4.69, 9.17) is 9.47 Å². The lowest BCUT2D eigenvalue weighted by molar-refractivity contribution is -0.281. The minimum absolute atomic E-state index is 0.0977. The van der Waals surface area contributed by atoms with Gasteiger partial charge in [0.1, 0.15) is 0 Å². The molecule has 2 fully saturated rings. The number of carbonyl (C=O) groups excluding carboxylic acids is 1. The summed E-state index contributed by atoms with van der Waals surface area (Å²) in [5.74, 6) is -0.627. The second kappa shape index (κ2) is 7.03. The van der Waals surface area contributed by atoms with E-state index in [0.717, 1.165) is 10.7 Å². The SMILES string of the molecule is CN(C)S(=O)(=O)c1ccc(C(=O)N2CCC3(CC2)OCCCO3)cc1. The van der Waals surface area contributed by atoms with Crippen LogP contribution in [0.15, 0.2) is 29.2 Å². The van der Waals surface area contributed by atoms with Crippen molar-refractivity contribution in [2.24, 2.45) is 0 Å². The van der Waals surface area contributed by atoms with Gasteiger partial charge in [0.2, 0.25) is 10.0 Å². The van der Waals surface area contributed by atoms with Crippen molar-refractivity contribution in [1.82, 2.24) is 9.21 Å². The molecule has 3 rings (SSSR count). The van der Waals surface area contributed by atoms with Gasteiger partial charge in [0.15, 0.2) is 5.79 Å². The summed E-state index contributed by atoms with van der Waals surface area (Å²) in [7, 11) is -0.528. The van der Waals surface area contributed by atoms with E-state index in [0.29, 0.717) is 44.7 Å². The molecule has 2 saturated heterocycles. The van der Waals surface area contributed by atoms with Gasteiger partial charge < -0.3 is 14.4 Å². The summed E-state index contributed by atoms with van der Waals surface area (Å²) in [4.78, 5) is 14.6. The topological polar surface area (TPSA) is 76.2 Å². The first kappa shape index (κ1) is 18.3. The summed E-state index contributed by atoms with van der Waals surface area (Å²) >= 11 is 0. The Morgan fingerprint density at radius 2 is 1.64 bits per heavy atom. The minimum Gasteiger partial charge on any atom is -0.350 e. The summed E-state index contributed by atoms with van der Waals surface area (Å²) in [6, 6.07) is 6.08. The largest absolute Gasteiger partial charge is 0.350 e. The number of carbonyl (C=O) groups is 1. The van der Waals surface area contributed by atoms with Gasteiger partial charge in [0.25, 0.3) is 5.91 Å². The van der Waals surface area contributed by atoms with E-state index >= 15 is 0 Å². The zero-order chi connectivity index (χ0) is 18.1. The predicted octanol–water partition coefficient (Wildman–Crippen LogP) is 1.31. The normalized spacial score (nSPS) is 20.8. The van der Waals surface area contributed by atoms with Crippen molar-refractivity contribution in [3.63, 3.8) is 0 Å². The molecule has 25 heavy (non-hydrogen) atoms. The fourth-order valence-electron chi connectivity index (χ4n) is 3.12. The number of amides is 1. The zero-order valence-electron chi connectivity index (χ0n) is 14.6. The van der Waals surface area contributed by atoms with Crippen molar-refractivity contribution in [3.8, 4) is 0 Å². The first-order valence-electron chi connectivity index (χ1n) is 8.44. The van der Waals surface area contributed by atoms with Crippen LogP contribution in [0.25, 0.3) is 0 Å². The van der Waals surface area contributed by atoms with E-state index in [2.05, 4.69) is 0 Å². The van der Waals surface area contributed by atoms with Gasteiger partial charge in [0, 0.05) is 45.6 Å². The highest BCUT2D eigenvalue weighted by Gasteiger charge is 2.39. The monoisotopic (exact) mass is 368 g/mol. The Kier molecular flexibility index (Phi) is 5.15. The third-order valence-electron chi connectivity index (χ3n) is 4.71. The van der Waals surface area contributed by atoms with E-state index in [1.807, 2.05) is 0 Å². The average molecular weight is 368 g/mol. The number of piperidine rings is 1. The van der Waals surface area contributed by atoms with Crippen molar-refractivity contribution >= 4 is 15.9 Å². The lowest BCUT2D eigenvalue weighted by Crippen LogP contribution is -2.51. The molecule has 2 heterocycles. The maximum atomic E-state index is 12.7. The third kappa shape index (κ3) is 3.72. The summed E-state index contributed by atoms with van der Waals surface area (Å²) in [5.41, 5.74) is 0.485. The molecule has 1 aromatic carbocycles. The lowest BCUT2D eigenvalue weighted by Gasteiger charge is -2.43. The van der Waals surface area contributed by atoms with Gasteiger partial charge in [-0.3, -0.25) is 4.79 Å². The number of nitrogens with zero attached hydrogens (tertiary/aromatic N) is 2. The Morgan fingerprint density at radius 3 is 2.16 bits per heavy atom. The van der Waals surface area contributed by atoms with E-state index < -0.39 is 15.8 Å². The summed E-state index contributed by atoms with van der Waals surface area (Å²) in [5, 5.41) is 0. The molecular formula is C17H24N2O5S. The first-order chi connectivity index (χ1) is 11.8. The molecule has 1 amide bonds.